The number of hydrogen-bond donors (Lipinski definition) is 1. The minimum atomic E-state index is -0.406. The highest BCUT2D eigenvalue weighted by molar-refractivity contribution is 6.45. The number of oxime groups is 2. The molecule has 1 aromatic rings. The fourth-order valence-corrected chi connectivity index (χ4v) is 1.26. The van der Waals surface area contributed by atoms with Gasteiger partial charge in [0.25, 0.3) is 5.91 Å². The van der Waals surface area contributed by atoms with Crippen molar-refractivity contribution in [1.29, 1.82) is 0 Å². The van der Waals surface area contributed by atoms with Crippen LogP contribution < -0.4 is 5.32 Å². The first-order chi connectivity index (χ1) is 9.24. The molecule has 8 heteroatoms. The molecule has 0 radical (unpaired) electrons. The number of likely N-dealkylation sites (N-methyl/N-ethyl adjacent to an activating group) is 1. The van der Waals surface area contributed by atoms with E-state index in [1.165, 1.54) is 32.9 Å². The Kier molecular flexibility index (Phi) is 5.93. The summed E-state index contributed by atoms with van der Waals surface area (Å²) in [6.45, 7) is 1.82. The quantitative estimate of drug-likeness (QED) is 0.581. The number of hydrogen-bond acceptors (Lipinski definition) is 7. The summed E-state index contributed by atoms with van der Waals surface area (Å²) >= 11 is 0. The first-order valence-corrected chi connectivity index (χ1v) is 5.47. The van der Waals surface area contributed by atoms with E-state index in [0.717, 1.165) is 0 Å². The minimum Gasteiger partial charge on any atom is -0.398 e. The standard InChI is InChI=1S/C11H15N5O3/c1-4-15-19-6-9-8(5-13-7-14-9)10(16-18-3)11(17)12-2/h4-5,7H,6H2,1-3H3,(H,12,17)/b15-4?,16-10+. The number of amides is 1. The van der Waals surface area contributed by atoms with E-state index in [9.17, 15) is 4.79 Å². The van der Waals surface area contributed by atoms with Gasteiger partial charge >= 0.3 is 0 Å². The van der Waals surface area contributed by atoms with Gasteiger partial charge in [-0.3, -0.25) is 4.79 Å². The molecule has 1 amide bonds. The topological polar surface area (TPSA) is 98.1 Å². The Morgan fingerprint density at radius 3 is 3.00 bits per heavy atom. The SMILES string of the molecule is CC=NOCc1ncncc1/C(=N\OC)C(=O)NC. The second kappa shape index (κ2) is 7.75. The first kappa shape index (κ1) is 14.6. The van der Waals surface area contributed by atoms with Crippen molar-refractivity contribution in [3.05, 3.63) is 23.8 Å². The number of carbonyl (C=O) groups is 1. The molecule has 0 saturated carbocycles. The van der Waals surface area contributed by atoms with E-state index < -0.39 is 5.91 Å². The molecule has 1 heterocycles. The fraction of sp³-hybridized carbons (Fsp3) is 0.364. The highest BCUT2D eigenvalue weighted by atomic mass is 16.6. The summed E-state index contributed by atoms with van der Waals surface area (Å²) in [5.74, 6) is -0.406. The van der Waals surface area contributed by atoms with Gasteiger partial charge in [0.15, 0.2) is 12.3 Å². The molecule has 0 saturated heterocycles. The van der Waals surface area contributed by atoms with Crippen LogP contribution in [0.15, 0.2) is 22.8 Å². The van der Waals surface area contributed by atoms with Gasteiger partial charge in [-0.2, -0.15) is 0 Å². The molecule has 0 aliphatic rings. The number of nitrogens with one attached hydrogen (secondary N) is 1. The van der Waals surface area contributed by atoms with Gasteiger partial charge in [-0.05, 0) is 6.92 Å². The Morgan fingerprint density at radius 1 is 1.58 bits per heavy atom. The highest BCUT2D eigenvalue weighted by Gasteiger charge is 2.19. The maximum Gasteiger partial charge on any atom is 0.273 e. The van der Waals surface area contributed by atoms with Crippen LogP contribution in [0.25, 0.3) is 0 Å². The van der Waals surface area contributed by atoms with Gasteiger partial charge in [0.1, 0.15) is 13.4 Å². The van der Waals surface area contributed by atoms with Crippen LogP contribution in [0.2, 0.25) is 0 Å². The van der Waals surface area contributed by atoms with Crippen molar-refractivity contribution in [3.63, 3.8) is 0 Å². The molecule has 0 aliphatic heterocycles. The largest absolute Gasteiger partial charge is 0.398 e. The molecule has 0 unspecified atom stereocenters. The molecule has 8 nitrogen and oxygen atoms in total. The molecular weight excluding hydrogens is 250 g/mol. The van der Waals surface area contributed by atoms with E-state index in [2.05, 4.69) is 30.4 Å². The van der Waals surface area contributed by atoms with Crippen molar-refractivity contribution in [2.75, 3.05) is 14.2 Å². The van der Waals surface area contributed by atoms with Crippen molar-refractivity contribution in [1.82, 2.24) is 15.3 Å². The zero-order chi connectivity index (χ0) is 14.1. The molecular formula is C11H15N5O3. The second-order valence-electron chi connectivity index (χ2n) is 3.22. The Labute approximate surface area is 110 Å². The number of aromatic nitrogens is 2. The van der Waals surface area contributed by atoms with Crippen molar-refractivity contribution >= 4 is 17.8 Å². The molecule has 1 aromatic heterocycles. The monoisotopic (exact) mass is 265 g/mol. The first-order valence-electron chi connectivity index (χ1n) is 5.47. The smallest absolute Gasteiger partial charge is 0.273 e. The average Bonchev–Trinajstić information content (AvgIpc) is 2.45. The molecule has 0 fully saturated rings. The number of nitrogens with zero attached hydrogens (tertiary/aromatic N) is 4. The van der Waals surface area contributed by atoms with Gasteiger partial charge in [0.2, 0.25) is 0 Å². The van der Waals surface area contributed by atoms with Gasteiger partial charge in [-0.25, -0.2) is 9.97 Å². The lowest BCUT2D eigenvalue weighted by molar-refractivity contribution is -0.114. The van der Waals surface area contributed by atoms with Gasteiger partial charge in [-0.1, -0.05) is 10.3 Å². The molecule has 102 valence electrons. The van der Waals surface area contributed by atoms with E-state index in [1.807, 2.05) is 0 Å². The van der Waals surface area contributed by atoms with Crippen molar-refractivity contribution < 1.29 is 14.5 Å². The minimum absolute atomic E-state index is 0.0738. The van der Waals surface area contributed by atoms with E-state index in [0.29, 0.717) is 11.3 Å². The highest BCUT2D eigenvalue weighted by Crippen LogP contribution is 2.08. The van der Waals surface area contributed by atoms with E-state index in [4.69, 9.17) is 4.84 Å². The Hall–Kier alpha value is -2.51. The summed E-state index contributed by atoms with van der Waals surface area (Å²) in [7, 11) is 2.85. The van der Waals surface area contributed by atoms with Crippen LogP contribution in [0, 0.1) is 0 Å². The zero-order valence-electron chi connectivity index (χ0n) is 11.0. The van der Waals surface area contributed by atoms with E-state index in [1.54, 1.807) is 6.92 Å². The summed E-state index contributed by atoms with van der Waals surface area (Å²) in [6, 6.07) is 0. The van der Waals surface area contributed by atoms with Crippen LogP contribution in [0.1, 0.15) is 18.2 Å². The van der Waals surface area contributed by atoms with E-state index >= 15 is 0 Å². The second-order valence-corrected chi connectivity index (χ2v) is 3.22. The molecule has 19 heavy (non-hydrogen) atoms. The predicted octanol–water partition coefficient (Wildman–Crippen LogP) is 0.0954. The molecule has 0 aromatic carbocycles. The van der Waals surface area contributed by atoms with Crippen LogP contribution in [-0.2, 0) is 21.1 Å². The summed E-state index contributed by atoms with van der Waals surface area (Å²) in [6.07, 6.45) is 4.32. The lowest BCUT2D eigenvalue weighted by Crippen LogP contribution is -2.29. The van der Waals surface area contributed by atoms with Crippen LogP contribution in [0.5, 0.6) is 0 Å². The number of rotatable bonds is 6. The molecule has 1 rings (SSSR count). The maximum absolute atomic E-state index is 11.7. The van der Waals surface area contributed by atoms with Crippen LogP contribution >= 0.6 is 0 Å². The summed E-state index contributed by atoms with van der Waals surface area (Å²) in [5, 5.41) is 9.77. The van der Waals surface area contributed by atoms with Gasteiger partial charge in [-0.15, -0.1) is 0 Å². The van der Waals surface area contributed by atoms with Crippen LogP contribution in [0.3, 0.4) is 0 Å². The van der Waals surface area contributed by atoms with Crippen molar-refractivity contribution in [2.45, 2.75) is 13.5 Å². The normalized spacial score (nSPS) is 11.4. The predicted molar refractivity (Wildman–Crippen MR) is 68.6 cm³/mol. The molecule has 0 atom stereocenters. The van der Waals surface area contributed by atoms with Crippen LogP contribution in [0.4, 0.5) is 0 Å². The lowest BCUT2D eigenvalue weighted by Gasteiger charge is -2.08. The molecule has 0 aliphatic carbocycles. The van der Waals surface area contributed by atoms with Crippen molar-refractivity contribution in [2.24, 2.45) is 10.3 Å². The third-order valence-electron chi connectivity index (χ3n) is 2.06. The summed E-state index contributed by atoms with van der Waals surface area (Å²) in [4.78, 5) is 29.3. The van der Waals surface area contributed by atoms with Crippen molar-refractivity contribution in [3.8, 4) is 0 Å². The summed E-state index contributed by atoms with van der Waals surface area (Å²) < 4.78 is 0. The van der Waals surface area contributed by atoms with Gasteiger partial charge in [0, 0.05) is 19.5 Å². The Bertz CT molecular complexity index is 487. The Morgan fingerprint density at radius 2 is 2.37 bits per heavy atom. The molecule has 1 N–H and O–H groups in total. The summed E-state index contributed by atoms with van der Waals surface area (Å²) in [5.41, 5.74) is 0.986. The fourth-order valence-electron chi connectivity index (χ4n) is 1.26. The average molecular weight is 265 g/mol. The lowest BCUT2D eigenvalue weighted by atomic mass is 10.1. The molecule has 0 bridgehead atoms. The number of carbonyl (C=O) groups excluding carboxylic acids is 1. The molecule has 0 spiro atoms. The van der Waals surface area contributed by atoms with Crippen LogP contribution in [-0.4, -0.2) is 42.0 Å². The maximum atomic E-state index is 11.7. The van der Waals surface area contributed by atoms with E-state index in [-0.39, 0.29) is 12.3 Å². The third-order valence-corrected chi connectivity index (χ3v) is 2.06. The Balaban J connectivity index is 3.09. The van der Waals surface area contributed by atoms with Gasteiger partial charge in [0.05, 0.1) is 11.3 Å². The van der Waals surface area contributed by atoms with Gasteiger partial charge < -0.3 is 15.0 Å². The third kappa shape index (κ3) is 4.02. The zero-order valence-corrected chi connectivity index (χ0v) is 11.0.